The van der Waals surface area contributed by atoms with E-state index in [9.17, 15) is 4.79 Å². The topological polar surface area (TPSA) is 50.8 Å². The van der Waals surface area contributed by atoms with Crippen LogP contribution in [0.2, 0.25) is 0 Å². The van der Waals surface area contributed by atoms with E-state index >= 15 is 0 Å². The molecule has 0 aromatic heterocycles. The van der Waals surface area contributed by atoms with Gasteiger partial charge in [0.15, 0.2) is 0 Å². The van der Waals surface area contributed by atoms with Gasteiger partial charge in [-0.15, -0.1) is 0 Å². The van der Waals surface area contributed by atoms with Crippen LogP contribution >= 0.6 is 0 Å². The molecule has 1 aliphatic heterocycles. The summed E-state index contributed by atoms with van der Waals surface area (Å²) < 4.78 is 11.5. The molecule has 1 atom stereocenters. The third-order valence-electron chi connectivity index (χ3n) is 5.20. The first-order chi connectivity index (χ1) is 14.7. The summed E-state index contributed by atoms with van der Waals surface area (Å²) in [6.07, 6.45) is 0. The van der Waals surface area contributed by atoms with E-state index in [1.54, 1.807) is 0 Å². The van der Waals surface area contributed by atoms with Crippen molar-refractivity contribution in [1.82, 2.24) is 5.32 Å². The first-order valence-electron chi connectivity index (χ1n) is 10.3. The van der Waals surface area contributed by atoms with Crippen LogP contribution in [-0.4, -0.2) is 32.2 Å². The number of hydrogen-bond acceptors (Lipinski definition) is 4. The van der Waals surface area contributed by atoms with Crippen molar-refractivity contribution in [2.45, 2.75) is 13.0 Å². The van der Waals surface area contributed by atoms with Gasteiger partial charge < -0.3 is 19.7 Å². The Morgan fingerprint density at radius 3 is 2.40 bits per heavy atom. The van der Waals surface area contributed by atoms with Gasteiger partial charge in [-0.2, -0.15) is 0 Å². The maximum absolute atomic E-state index is 13.2. The molecule has 0 spiro atoms. The summed E-state index contributed by atoms with van der Waals surface area (Å²) in [6, 6.07) is 25.0. The van der Waals surface area contributed by atoms with Crippen molar-refractivity contribution >= 4 is 11.6 Å². The van der Waals surface area contributed by atoms with Crippen LogP contribution in [0, 0.1) is 0 Å². The number of rotatable bonds is 6. The van der Waals surface area contributed by atoms with Crippen LogP contribution in [0.5, 0.6) is 11.5 Å². The van der Waals surface area contributed by atoms with E-state index in [-0.39, 0.29) is 11.9 Å². The molecule has 3 aromatic carbocycles. The van der Waals surface area contributed by atoms with Crippen LogP contribution in [-0.2, 0) is 4.74 Å². The van der Waals surface area contributed by atoms with Gasteiger partial charge in [0.2, 0.25) is 0 Å². The summed E-state index contributed by atoms with van der Waals surface area (Å²) >= 11 is 0. The predicted molar refractivity (Wildman–Crippen MR) is 118 cm³/mol. The van der Waals surface area contributed by atoms with Gasteiger partial charge in [0.25, 0.3) is 5.91 Å². The lowest BCUT2D eigenvalue weighted by atomic mass is 10.1. The van der Waals surface area contributed by atoms with Crippen molar-refractivity contribution in [1.29, 1.82) is 0 Å². The van der Waals surface area contributed by atoms with Gasteiger partial charge in [-0.3, -0.25) is 4.79 Å². The highest BCUT2D eigenvalue weighted by Crippen LogP contribution is 2.30. The molecule has 154 valence electrons. The Balaban J connectivity index is 1.52. The fourth-order valence-corrected chi connectivity index (χ4v) is 3.64. The Bertz CT molecular complexity index is 984. The van der Waals surface area contributed by atoms with Crippen molar-refractivity contribution in [3.63, 3.8) is 0 Å². The molecule has 0 radical (unpaired) electrons. The minimum atomic E-state index is -0.213. The summed E-state index contributed by atoms with van der Waals surface area (Å²) in [4.78, 5) is 15.4. The normalized spacial score (nSPS) is 14.8. The highest BCUT2D eigenvalue weighted by atomic mass is 16.5. The molecule has 3 aromatic rings. The zero-order valence-electron chi connectivity index (χ0n) is 17.1. The summed E-state index contributed by atoms with van der Waals surface area (Å²) in [5, 5.41) is 3.14. The molecule has 0 aliphatic carbocycles. The highest BCUT2D eigenvalue weighted by molar-refractivity contribution is 6.00. The zero-order chi connectivity index (χ0) is 20.8. The minimum Gasteiger partial charge on any atom is -0.457 e. The number of nitrogens with zero attached hydrogens (tertiary/aromatic N) is 1. The molecule has 30 heavy (non-hydrogen) atoms. The predicted octanol–water partition coefficient (Wildman–Crippen LogP) is 4.81. The molecule has 5 heteroatoms. The van der Waals surface area contributed by atoms with Gasteiger partial charge in [0.1, 0.15) is 11.5 Å². The van der Waals surface area contributed by atoms with Crippen LogP contribution in [0.3, 0.4) is 0 Å². The zero-order valence-corrected chi connectivity index (χ0v) is 17.1. The molecule has 5 nitrogen and oxygen atoms in total. The monoisotopic (exact) mass is 402 g/mol. The molecule has 0 saturated carbocycles. The molecule has 0 bridgehead atoms. The first-order valence-corrected chi connectivity index (χ1v) is 10.3. The number of morpholine rings is 1. The van der Waals surface area contributed by atoms with Gasteiger partial charge in [-0.05, 0) is 37.3 Å². The molecule has 1 unspecified atom stereocenters. The number of nitrogens with one attached hydrogen (secondary N) is 1. The van der Waals surface area contributed by atoms with Crippen molar-refractivity contribution in [3.05, 3.63) is 90.0 Å². The second kappa shape index (κ2) is 9.46. The molecular formula is C25H26N2O3. The molecule has 1 fully saturated rings. The fourth-order valence-electron chi connectivity index (χ4n) is 3.64. The summed E-state index contributed by atoms with van der Waals surface area (Å²) in [5.74, 6) is 1.40. The number of carbonyl (C=O) groups is 1. The van der Waals surface area contributed by atoms with E-state index in [1.807, 2.05) is 85.8 Å². The molecule has 1 heterocycles. The van der Waals surface area contributed by atoms with Crippen molar-refractivity contribution < 1.29 is 14.3 Å². The van der Waals surface area contributed by atoms with Gasteiger partial charge in [-0.25, -0.2) is 0 Å². The van der Waals surface area contributed by atoms with E-state index in [4.69, 9.17) is 9.47 Å². The number of para-hydroxylation sites is 3. The third-order valence-corrected chi connectivity index (χ3v) is 5.20. The lowest BCUT2D eigenvalue weighted by Crippen LogP contribution is -2.38. The second-order valence-corrected chi connectivity index (χ2v) is 7.26. The quantitative estimate of drug-likeness (QED) is 0.643. The van der Waals surface area contributed by atoms with Crippen molar-refractivity contribution in [2.24, 2.45) is 0 Å². The largest absolute Gasteiger partial charge is 0.457 e. The van der Waals surface area contributed by atoms with E-state index in [2.05, 4.69) is 10.2 Å². The van der Waals surface area contributed by atoms with Crippen LogP contribution in [0.25, 0.3) is 0 Å². The maximum atomic E-state index is 13.2. The van der Waals surface area contributed by atoms with Gasteiger partial charge >= 0.3 is 0 Å². The SMILES string of the molecule is CC(NC(=O)c1ccccc1N1CCOCC1)c1ccccc1Oc1ccccc1. The van der Waals surface area contributed by atoms with Gasteiger partial charge in [-0.1, -0.05) is 48.5 Å². The number of ether oxygens (including phenoxy) is 2. The summed E-state index contributed by atoms with van der Waals surface area (Å²) in [5.41, 5.74) is 2.55. The van der Waals surface area contributed by atoms with E-state index in [0.29, 0.717) is 18.8 Å². The van der Waals surface area contributed by atoms with E-state index in [0.717, 1.165) is 35.8 Å². The number of benzene rings is 3. The number of carbonyl (C=O) groups excluding carboxylic acids is 1. The van der Waals surface area contributed by atoms with E-state index in [1.165, 1.54) is 0 Å². The minimum absolute atomic E-state index is 0.0980. The maximum Gasteiger partial charge on any atom is 0.253 e. The van der Waals surface area contributed by atoms with E-state index < -0.39 is 0 Å². The second-order valence-electron chi connectivity index (χ2n) is 7.26. The molecule has 1 saturated heterocycles. The van der Waals surface area contributed by atoms with Crippen molar-refractivity contribution in [3.8, 4) is 11.5 Å². The van der Waals surface area contributed by atoms with Gasteiger partial charge in [0, 0.05) is 24.3 Å². The van der Waals surface area contributed by atoms with Crippen LogP contribution in [0.4, 0.5) is 5.69 Å². The summed E-state index contributed by atoms with van der Waals surface area (Å²) in [7, 11) is 0. The molecule has 4 rings (SSSR count). The molecular weight excluding hydrogens is 376 g/mol. The standard InChI is InChI=1S/C25H26N2O3/c1-19(21-11-6-8-14-24(21)30-20-9-3-2-4-10-20)26-25(28)22-12-5-7-13-23(22)27-15-17-29-18-16-27/h2-14,19H,15-18H2,1H3,(H,26,28). The van der Waals surface area contributed by atoms with Crippen LogP contribution < -0.4 is 15.0 Å². The smallest absolute Gasteiger partial charge is 0.253 e. The summed E-state index contributed by atoms with van der Waals surface area (Å²) in [6.45, 7) is 4.90. The molecule has 1 aliphatic rings. The van der Waals surface area contributed by atoms with Gasteiger partial charge in [0.05, 0.1) is 24.8 Å². The Hall–Kier alpha value is -3.31. The Morgan fingerprint density at radius 2 is 1.60 bits per heavy atom. The van der Waals surface area contributed by atoms with Crippen LogP contribution in [0.1, 0.15) is 28.9 Å². The fraction of sp³-hybridized carbons (Fsp3) is 0.240. The number of anilines is 1. The average molecular weight is 402 g/mol. The number of amides is 1. The Kier molecular flexibility index (Phi) is 6.30. The average Bonchev–Trinajstić information content (AvgIpc) is 2.80. The molecule has 1 amide bonds. The molecule has 1 N–H and O–H groups in total. The lowest BCUT2D eigenvalue weighted by Gasteiger charge is -2.30. The third kappa shape index (κ3) is 4.63. The number of hydrogen-bond donors (Lipinski definition) is 1. The lowest BCUT2D eigenvalue weighted by molar-refractivity contribution is 0.0938. The highest BCUT2D eigenvalue weighted by Gasteiger charge is 2.21. The first kappa shape index (κ1) is 20.0. The van der Waals surface area contributed by atoms with Crippen LogP contribution in [0.15, 0.2) is 78.9 Å². The Morgan fingerprint density at radius 1 is 0.933 bits per heavy atom. The van der Waals surface area contributed by atoms with Crippen molar-refractivity contribution in [2.75, 3.05) is 31.2 Å². The Labute approximate surface area is 177 Å².